The molecule has 1 aliphatic rings. The van der Waals surface area contributed by atoms with Crippen molar-refractivity contribution in [2.75, 3.05) is 0 Å². The first-order valence-electron chi connectivity index (χ1n) is 9.52. The number of ketones is 2. The van der Waals surface area contributed by atoms with Crippen molar-refractivity contribution in [3.05, 3.63) is 71.1 Å². The van der Waals surface area contributed by atoms with E-state index in [1.165, 1.54) is 0 Å². The van der Waals surface area contributed by atoms with Crippen LogP contribution in [0.1, 0.15) is 56.0 Å². The summed E-state index contributed by atoms with van der Waals surface area (Å²) in [5.41, 5.74) is 14.5. The molecule has 0 amide bonds. The van der Waals surface area contributed by atoms with Crippen LogP contribution in [0.15, 0.2) is 60.0 Å². The number of hydrogen-bond acceptors (Lipinski definition) is 4. The number of benzene rings is 1. The predicted octanol–water partition coefficient (Wildman–Crippen LogP) is 4.10. The van der Waals surface area contributed by atoms with E-state index in [0.29, 0.717) is 17.0 Å². The van der Waals surface area contributed by atoms with Crippen LogP contribution in [0.5, 0.6) is 0 Å². The van der Waals surface area contributed by atoms with Crippen molar-refractivity contribution >= 4 is 11.6 Å². The molecule has 0 saturated heterocycles. The molecule has 0 spiro atoms. The Morgan fingerprint density at radius 3 is 2.41 bits per heavy atom. The number of allylic oxidation sites excluding steroid dienone is 4. The van der Waals surface area contributed by atoms with Crippen molar-refractivity contribution < 1.29 is 9.59 Å². The quantitative estimate of drug-likeness (QED) is 0.712. The fourth-order valence-corrected chi connectivity index (χ4v) is 3.65. The minimum atomic E-state index is -0.396. The van der Waals surface area contributed by atoms with Gasteiger partial charge in [-0.25, -0.2) is 0 Å². The molecule has 144 valence electrons. The Bertz CT molecular complexity index is 804. The van der Waals surface area contributed by atoms with Crippen LogP contribution in [0.3, 0.4) is 0 Å². The summed E-state index contributed by atoms with van der Waals surface area (Å²) in [5.74, 6) is -0.467. The molecular formula is C23H30N2O2. The van der Waals surface area contributed by atoms with Gasteiger partial charge in [0.05, 0.1) is 0 Å². The molecular weight excluding hydrogens is 336 g/mol. The van der Waals surface area contributed by atoms with E-state index in [1.807, 2.05) is 63.3 Å². The van der Waals surface area contributed by atoms with Crippen LogP contribution in [-0.2, 0) is 4.79 Å². The van der Waals surface area contributed by atoms with Gasteiger partial charge < -0.3 is 11.5 Å². The van der Waals surface area contributed by atoms with Crippen LogP contribution in [0, 0.1) is 17.8 Å². The average Bonchev–Trinajstić information content (AvgIpc) is 2.80. The lowest BCUT2D eigenvalue weighted by Crippen LogP contribution is -2.26. The van der Waals surface area contributed by atoms with E-state index in [2.05, 4.69) is 0 Å². The maximum Gasteiger partial charge on any atom is 0.165 e. The number of carbonyl (C=O) groups is 2. The summed E-state index contributed by atoms with van der Waals surface area (Å²) in [5, 5.41) is 0. The Kier molecular flexibility index (Phi) is 6.78. The van der Waals surface area contributed by atoms with E-state index >= 15 is 0 Å². The first-order chi connectivity index (χ1) is 12.8. The van der Waals surface area contributed by atoms with Gasteiger partial charge >= 0.3 is 0 Å². The van der Waals surface area contributed by atoms with Gasteiger partial charge in [0.25, 0.3) is 0 Å². The van der Waals surface area contributed by atoms with Gasteiger partial charge in [-0.3, -0.25) is 9.59 Å². The molecule has 4 atom stereocenters. The molecule has 1 aliphatic carbocycles. The molecule has 0 radical (unpaired) electrons. The lowest BCUT2D eigenvalue weighted by molar-refractivity contribution is -0.119. The Hall–Kier alpha value is -2.62. The van der Waals surface area contributed by atoms with Crippen LogP contribution in [0.4, 0.5) is 0 Å². The maximum atomic E-state index is 12.9. The highest BCUT2D eigenvalue weighted by Crippen LogP contribution is 2.36. The molecule has 27 heavy (non-hydrogen) atoms. The molecule has 0 fully saturated rings. The molecule has 0 bridgehead atoms. The third-order valence-corrected chi connectivity index (χ3v) is 5.42. The highest BCUT2D eigenvalue weighted by atomic mass is 16.1. The highest BCUT2D eigenvalue weighted by molar-refractivity contribution is 6.00. The minimum Gasteiger partial charge on any atom is -0.399 e. The van der Waals surface area contributed by atoms with Gasteiger partial charge in [0, 0.05) is 34.7 Å². The summed E-state index contributed by atoms with van der Waals surface area (Å²) in [7, 11) is 0. The number of Topliss-reactive ketones (excluding diaryl/α,β-unsaturated/α-hetero) is 2. The van der Waals surface area contributed by atoms with Crippen LogP contribution in [-0.4, -0.2) is 11.6 Å². The molecule has 4 heteroatoms. The summed E-state index contributed by atoms with van der Waals surface area (Å²) < 4.78 is 0. The molecule has 0 aromatic heterocycles. The van der Waals surface area contributed by atoms with Crippen molar-refractivity contribution in [1.29, 1.82) is 0 Å². The van der Waals surface area contributed by atoms with Gasteiger partial charge in [-0.15, -0.1) is 0 Å². The zero-order valence-electron chi connectivity index (χ0n) is 16.6. The number of hydrogen-bond donors (Lipinski definition) is 2. The molecule has 4 N–H and O–H groups in total. The third-order valence-electron chi connectivity index (χ3n) is 5.42. The highest BCUT2D eigenvalue weighted by Gasteiger charge is 2.32. The second-order valence-corrected chi connectivity index (χ2v) is 7.46. The maximum absolute atomic E-state index is 12.9. The monoisotopic (exact) mass is 366 g/mol. The molecule has 0 heterocycles. The van der Waals surface area contributed by atoms with Gasteiger partial charge in [0.2, 0.25) is 0 Å². The van der Waals surface area contributed by atoms with Gasteiger partial charge in [-0.2, -0.15) is 0 Å². The smallest absolute Gasteiger partial charge is 0.165 e. The lowest BCUT2D eigenvalue weighted by atomic mass is 9.74. The molecule has 2 rings (SSSR count). The van der Waals surface area contributed by atoms with Crippen molar-refractivity contribution in [2.24, 2.45) is 29.2 Å². The van der Waals surface area contributed by atoms with Gasteiger partial charge in [-0.05, 0) is 37.0 Å². The van der Waals surface area contributed by atoms with Gasteiger partial charge in [0.15, 0.2) is 5.78 Å². The summed E-state index contributed by atoms with van der Waals surface area (Å²) in [6, 6.07) is 7.48. The Morgan fingerprint density at radius 2 is 1.78 bits per heavy atom. The summed E-state index contributed by atoms with van der Waals surface area (Å²) in [6.07, 6.45) is 8.21. The molecule has 0 aliphatic heterocycles. The average molecular weight is 367 g/mol. The zero-order valence-corrected chi connectivity index (χ0v) is 16.6. The Morgan fingerprint density at radius 1 is 1.11 bits per heavy atom. The Labute approximate surface area is 162 Å². The van der Waals surface area contributed by atoms with E-state index in [0.717, 1.165) is 12.0 Å². The number of rotatable bonds is 7. The molecule has 0 saturated carbocycles. The largest absolute Gasteiger partial charge is 0.399 e. The van der Waals surface area contributed by atoms with Gasteiger partial charge in [0.1, 0.15) is 5.78 Å². The van der Waals surface area contributed by atoms with Crippen molar-refractivity contribution in [2.45, 2.75) is 40.0 Å². The fourth-order valence-electron chi connectivity index (χ4n) is 3.65. The standard InChI is InChI=1S/C23H30N2O2/c1-5-14(2)23(27)21-9-7-6-8-20(21)22(16(4)26)15(3)17-10-11-18(24)13-19(25)12-17/h6-15,17,22H,5,24-25H2,1-4H3/t14?,15-,17?,22+/m0/s1. The number of nitrogens with two attached hydrogens (primary N) is 2. The van der Waals surface area contributed by atoms with E-state index in [-0.39, 0.29) is 29.3 Å². The summed E-state index contributed by atoms with van der Waals surface area (Å²) >= 11 is 0. The molecule has 1 aromatic carbocycles. The lowest BCUT2D eigenvalue weighted by Gasteiger charge is -2.28. The Balaban J connectivity index is 2.48. The normalized spacial score (nSPS) is 20.1. The topological polar surface area (TPSA) is 86.2 Å². The van der Waals surface area contributed by atoms with E-state index in [9.17, 15) is 9.59 Å². The number of carbonyl (C=O) groups excluding carboxylic acids is 2. The van der Waals surface area contributed by atoms with Crippen LogP contribution in [0.25, 0.3) is 0 Å². The first-order valence-corrected chi connectivity index (χ1v) is 9.52. The van der Waals surface area contributed by atoms with Crippen molar-refractivity contribution in [3.8, 4) is 0 Å². The molecule has 4 nitrogen and oxygen atoms in total. The summed E-state index contributed by atoms with van der Waals surface area (Å²) in [6.45, 7) is 7.54. The third kappa shape index (κ3) is 4.76. The van der Waals surface area contributed by atoms with Crippen LogP contribution < -0.4 is 11.5 Å². The predicted molar refractivity (Wildman–Crippen MR) is 110 cm³/mol. The fraction of sp³-hybridized carbons (Fsp3) is 0.391. The first kappa shape index (κ1) is 20.7. The second kappa shape index (κ2) is 8.85. The van der Waals surface area contributed by atoms with Crippen molar-refractivity contribution in [1.82, 2.24) is 0 Å². The summed E-state index contributed by atoms with van der Waals surface area (Å²) in [4.78, 5) is 25.5. The van der Waals surface area contributed by atoms with E-state index in [4.69, 9.17) is 11.5 Å². The van der Waals surface area contributed by atoms with E-state index < -0.39 is 5.92 Å². The second-order valence-electron chi connectivity index (χ2n) is 7.46. The van der Waals surface area contributed by atoms with Gasteiger partial charge in [-0.1, -0.05) is 57.2 Å². The van der Waals surface area contributed by atoms with Crippen LogP contribution >= 0.6 is 0 Å². The minimum absolute atomic E-state index is 0.0393. The SMILES string of the molecule is CCC(C)C(=O)c1ccccc1[C@@H](C(C)=O)[C@@H](C)C1C=CC(N)=CC(N)=C1. The molecule has 2 unspecified atom stereocenters. The van der Waals surface area contributed by atoms with Crippen molar-refractivity contribution in [3.63, 3.8) is 0 Å². The zero-order chi connectivity index (χ0) is 20.1. The van der Waals surface area contributed by atoms with Crippen LogP contribution in [0.2, 0.25) is 0 Å². The molecule has 1 aromatic rings. The van der Waals surface area contributed by atoms with E-state index in [1.54, 1.807) is 13.0 Å².